The van der Waals surface area contributed by atoms with E-state index in [4.69, 9.17) is 4.74 Å². The molecular weight excluding hydrogens is 378 g/mol. The van der Waals surface area contributed by atoms with Crippen LogP contribution in [0.5, 0.6) is 5.75 Å². The van der Waals surface area contributed by atoms with Gasteiger partial charge < -0.3 is 15.0 Å². The highest BCUT2D eigenvalue weighted by Crippen LogP contribution is 2.24. The molecule has 3 heterocycles. The number of aromatic nitrogens is 1. The second-order valence-corrected chi connectivity index (χ2v) is 7.54. The van der Waals surface area contributed by atoms with Gasteiger partial charge in [0.25, 0.3) is 0 Å². The van der Waals surface area contributed by atoms with Crippen molar-refractivity contribution in [3.8, 4) is 5.75 Å². The number of aryl methyl sites for hydroxylation is 1. The molecule has 0 aliphatic carbocycles. The van der Waals surface area contributed by atoms with Crippen molar-refractivity contribution >= 4 is 23.7 Å². The third kappa shape index (κ3) is 4.59. The number of benzene rings is 1. The number of fused-ring (bicyclic) bond motifs is 1. The van der Waals surface area contributed by atoms with Crippen molar-refractivity contribution in [1.82, 2.24) is 9.88 Å². The molecule has 0 spiro atoms. The standard InChI is InChI=1S/C24H25N3O3/c1-30-21-5-3-2-4-19(21)14-17-10-12-27(13-11-17)23(29)9-6-18-15-20-7-8-22(28)26-24(20)25-16-18/h2-6,9-10,15-16H,7-8,11-14H2,1H3,(H,25,26,28)/b9-6+. The molecule has 154 valence electrons. The van der Waals surface area contributed by atoms with E-state index >= 15 is 0 Å². The van der Waals surface area contributed by atoms with Crippen LogP contribution in [0.4, 0.5) is 5.82 Å². The number of nitrogens with one attached hydrogen (secondary N) is 1. The topological polar surface area (TPSA) is 71.5 Å². The minimum Gasteiger partial charge on any atom is -0.496 e. The molecule has 0 saturated carbocycles. The molecule has 0 saturated heterocycles. The van der Waals surface area contributed by atoms with Crippen molar-refractivity contribution < 1.29 is 14.3 Å². The molecule has 2 aliphatic heterocycles. The Bertz CT molecular complexity index is 1030. The number of amides is 2. The lowest BCUT2D eigenvalue weighted by Gasteiger charge is -2.26. The molecule has 2 aliphatic rings. The van der Waals surface area contributed by atoms with Gasteiger partial charge in [0.1, 0.15) is 11.6 Å². The smallest absolute Gasteiger partial charge is 0.246 e. The number of anilines is 1. The molecule has 1 N–H and O–H groups in total. The molecule has 2 aromatic rings. The Balaban J connectivity index is 1.35. The normalized spacial score (nSPS) is 16.1. The van der Waals surface area contributed by atoms with Crippen LogP contribution in [0.15, 0.2) is 54.3 Å². The maximum Gasteiger partial charge on any atom is 0.246 e. The number of para-hydroxylation sites is 1. The van der Waals surface area contributed by atoms with E-state index in [9.17, 15) is 9.59 Å². The maximum atomic E-state index is 12.6. The molecule has 1 aromatic carbocycles. The van der Waals surface area contributed by atoms with E-state index in [1.807, 2.05) is 29.2 Å². The quantitative estimate of drug-likeness (QED) is 0.614. The van der Waals surface area contributed by atoms with Crippen molar-refractivity contribution in [2.45, 2.75) is 25.7 Å². The number of rotatable bonds is 5. The van der Waals surface area contributed by atoms with Crippen LogP contribution < -0.4 is 10.1 Å². The summed E-state index contributed by atoms with van der Waals surface area (Å²) >= 11 is 0. The second-order valence-electron chi connectivity index (χ2n) is 7.54. The summed E-state index contributed by atoms with van der Waals surface area (Å²) in [4.78, 5) is 30.2. The van der Waals surface area contributed by atoms with Crippen molar-refractivity contribution in [1.29, 1.82) is 0 Å². The predicted octanol–water partition coefficient (Wildman–Crippen LogP) is 3.39. The minimum atomic E-state index is -0.00591. The van der Waals surface area contributed by atoms with Crippen LogP contribution in [-0.2, 0) is 22.4 Å². The average molecular weight is 403 g/mol. The highest BCUT2D eigenvalue weighted by Gasteiger charge is 2.17. The van der Waals surface area contributed by atoms with Gasteiger partial charge in [0, 0.05) is 31.8 Å². The Labute approximate surface area is 176 Å². The summed E-state index contributed by atoms with van der Waals surface area (Å²) in [7, 11) is 1.69. The van der Waals surface area contributed by atoms with E-state index in [2.05, 4.69) is 22.4 Å². The fourth-order valence-electron chi connectivity index (χ4n) is 3.80. The van der Waals surface area contributed by atoms with Gasteiger partial charge in [0.15, 0.2) is 0 Å². The van der Waals surface area contributed by atoms with Crippen LogP contribution in [0.25, 0.3) is 6.08 Å². The number of pyridine rings is 1. The van der Waals surface area contributed by atoms with Gasteiger partial charge in [-0.15, -0.1) is 0 Å². The molecule has 0 radical (unpaired) electrons. The minimum absolute atomic E-state index is 0.00305. The zero-order valence-electron chi connectivity index (χ0n) is 17.1. The third-order valence-corrected chi connectivity index (χ3v) is 5.51. The first-order chi connectivity index (χ1) is 14.6. The third-order valence-electron chi connectivity index (χ3n) is 5.51. The monoisotopic (exact) mass is 403 g/mol. The van der Waals surface area contributed by atoms with Gasteiger partial charge in [-0.3, -0.25) is 9.59 Å². The highest BCUT2D eigenvalue weighted by atomic mass is 16.5. The van der Waals surface area contributed by atoms with Crippen molar-refractivity contribution in [3.63, 3.8) is 0 Å². The van der Waals surface area contributed by atoms with E-state index in [1.54, 1.807) is 25.5 Å². The summed E-state index contributed by atoms with van der Waals surface area (Å²) in [5.41, 5.74) is 4.37. The lowest BCUT2D eigenvalue weighted by Crippen LogP contribution is -2.33. The van der Waals surface area contributed by atoms with E-state index in [0.29, 0.717) is 31.7 Å². The summed E-state index contributed by atoms with van der Waals surface area (Å²) in [6.07, 6.45) is 10.1. The molecule has 30 heavy (non-hydrogen) atoms. The van der Waals surface area contributed by atoms with E-state index in [-0.39, 0.29) is 11.8 Å². The van der Waals surface area contributed by atoms with E-state index in [0.717, 1.165) is 29.7 Å². The molecule has 0 fully saturated rings. The maximum absolute atomic E-state index is 12.6. The van der Waals surface area contributed by atoms with Crippen molar-refractivity contribution in [3.05, 3.63) is 70.9 Å². The van der Waals surface area contributed by atoms with Crippen LogP contribution in [0.1, 0.15) is 29.5 Å². The molecule has 0 bridgehead atoms. The van der Waals surface area contributed by atoms with E-state index in [1.165, 1.54) is 11.1 Å². The molecule has 1 aromatic heterocycles. The molecule has 0 unspecified atom stereocenters. The molecule has 6 nitrogen and oxygen atoms in total. The molecule has 6 heteroatoms. The number of hydrogen-bond acceptors (Lipinski definition) is 4. The molecule has 4 rings (SSSR count). The van der Waals surface area contributed by atoms with Gasteiger partial charge in [-0.2, -0.15) is 0 Å². The van der Waals surface area contributed by atoms with Crippen LogP contribution in [-0.4, -0.2) is 41.9 Å². The highest BCUT2D eigenvalue weighted by molar-refractivity contribution is 5.94. The number of nitrogens with zero attached hydrogens (tertiary/aromatic N) is 2. The number of ether oxygens (including phenoxy) is 1. The molecule has 0 atom stereocenters. The second kappa shape index (κ2) is 8.95. The first-order valence-electron chi connectivity index (χ1n) is 10.2. The van der Waals surface area contributed by atoms with Crippen LogP contribution in [0.3, 0.4) is 0 Å². The van der Waals surface area contributed by atoms with Gasteiger partial charge in [0.05, 0.1) is 7.11 Å². The van der Waals surface area contributed by atoms with Crippen molar-refractivity contribution in [2.24, 2.45) is 0 Å². The predicted molar refractivity (Wildman–Crippen MR) is 116 cm³/mol. The van der Waals surface area contributed by atoms with Crippen LogP contribution in [0.2, 0.25) is 0 Å². The number of carbonyl (C=O) groups excluding carboxylic acids is 2. The number of hydrogen-bond donors (Lipinski definition) is 1. The van der Waals surface area contributed by atoms with Gasteiger partial charge in [-0.25, -0.2) is 4.98 Å². The zero-order valence-corrected chi connectivity index (χ0v) is 17.1. The lowest BCUT2D eigenvalue weighted by atomic mass is 9.99. The zero-order chi connectivity index (χ0) is 20.9. The summed E-state index contributed by atoms with van der Waals surface area (Å²) in [6, 6.07) is 10.0. The summed E-state index contributed by atoms with van der Waals surface area (Å²) < 4.78 is 5.43. The number of carbonyl (C=O) groups is 2. The summed E-state index contributed by atoms with van der Waals surface area (Å²) in [5, 5.41) is 2.77. The first-order valence-corrected chi connectivity index (χ1v) is 10.2. The van der Waals surface area contributed by atoms with Crippen LogP contribution in [0, 0.1) is 0 Å². The fourth-order valence-corrected chi connectivity index (χ4v) is 3.80. The van der Waals surface area contributed by atoms with Gasteiger partial charge in [-0.1, -0.05) is 29.8 Å². The SMILES string of the molecule is COc1ccccc1CC1=CCN(C(=O)/C=C/c2cnc3c(c2)CCC(=O)N3)CC1. The molecular formula is C24H25N3O3. The van der Waals surface area contributed by atoms with Crippen molar-refractivity contribution in [2.75, 3.05) is 25.5 Å². The Kier molecular flexibility index (Phi) is 5.93. The Hall–Kier alpha value is -3.41. The average Bonchev–Trinajstić information content (AvgIpc) is 2.78. The van der Waals surface area contributed by atoms with Gasteiger partial charge >= 0.3 is 0 Å². The van der Waals surface area contributed by atoms with Gasteiger partial charge in [0.2, 0.25) is 11.8 Å². The van der Waals surface area contributed by atoms with Gasteiger partial charge in [-0.05, 0) is 54.2 Å². The van der Waals surface area contributed by atoms with Crippen LogP contribution >= 0.6 is 0 Å². The fraction of sp³-hybridized carbons (Fsp3) is 0.292. The summed E-state index contributed by atoms with van der Waals surface area (Å²) in [5.74, 6) is 1.52. The van der Waals surface area contributed by atoms with E-state index < -0.39 is 0 Å². The Morgan fingerprint density at radius 1 is 1.27 bits per heavy atom. The number of methoxy groups -OCH3 is 1. The molecule has 2 amide bonds. The largest absolute Gasteiger partial charge is 0.496 e. The summed E-state index contributed by atoms with van der Waals surface area (Å²) in [6.45, 7) is 1.32. The Morgan fingerprint density at radius 3 is 2.93 bits per heavy atom. The first kappa shape index (κ1) is 19.9. The Morgan fingerprint density at radius 2 is 2.13 bits per heavy atom. The lowest BCUT2D eigenvalue weighted by molar-refractivity contribution is -0.125.